The molecule has 0 aliphatic heterocycles. The van der Waals surface area contributed by atoms with E-state index in [1.54, 1.807) is 12.1 Å². The van der Waals surface area contributed by atoms with Gasteiger partial charge >= 0.3 is 0 Å². The summed E-state index contributed by atoms with van der Waals surface area (Å²) < 4.78 is 13.7. The van der Waals surface area contributed by atoms with Gasteiger partial charge in [-0.15, -0.1) is 11.6 Å². The number of hydrogen-bond donors (Lipinski definition) is 1. The third-order valence-corrected chi connectivity index (χ3v) is 3.34. The molecular formula is C15H14Cl2FN. The summed E-state index contributed by atoms with van der Waals surface area (Å²) in [6.45, 7) is 2.30. The first kappa shape index (κ1) is 14.2. The number of anilines is 1. The van der Waals surface area contributed by atoms with Crippen molar-refractivity contribution < 1.29 is 4.39 Å². The van der Waals surface area contributed by atoms with E-state index < -0.39 is 0 Å². The number of rotatable bonds is 4. The van der Waals surface area contributed by atoms with Crippen molar-refractivity contribution in [1.29, 1.82) is 0 Å². The molecule has 0 aromatic heterocycles. The minimum absolute atomic E-state index is 0.0984. The van der Waals surface area contributed by atoms with E-state index in [0.717, 1.165) is 11.3 Å². The number of nitrogens with one attached hydrogen (secondary N) is 1. The number of benzene rings is 2. The average molecular weight is 298 g/mol. The zero-order chi connectivity index (χ0) is 13.8. The second kappa shape index (κ2) is 6.27. The van der Waals surface area contributed by atoms with Gasteiger partial charge in [-0.05, 0) is 30.7 Å². The maximum Gasteiger partial charge on any atom is 0.129 e. The van der Waals surface area contributed by atoms with Crippen LogP contribution < -0.4 is 5.32 Å². The van der Waals surface area contributed by atoms with E-state index in [0.29, 0.717) is 17.1 Å². The molecule has 0 aliphatic rings. The summed E-state index contributed by atoms with van der Waals surface area (Å²) >= 11 is 11.8. The molecule has 1 atom stereocenters. The van der Waals surface area contributed by atoms with Gasteiger partial charge in [-0.2, -0.15) is 0 Å². The topological polar surface area (TPSA) is 12.0 Å². The molecule has 0 saturated carbocycles. The van der Waals surface area contributed by atoms with Crippen molar-refractivity contribution in [3.8, 4) is 0 Å². The molecule has 2 aromatic carbocycles. The van der Waals surface area contributed by atoms with Crippen LogP contribution in [0.2, 0.25) is 5.02 Å². The predicted octanol–water partition coefficient (Wildman–Crippen LogP) is 5.39. The average Bonchev–Trinajstić information content (AvgIpc) is 2.38. The minimum atomic E-state index is -0.309. The summed E-state index contributed by atoms with van der Waals surface area (Å²) in [6, 6.07) is 12.4. The van der Waals surface area contributed by atoms with Crippen molar-refractivity contribution >= 4 is 28.9 Å². The number of alkyl halides is 1. The van der Waals surface area contributed by atoms with Crippen molar-refractivity contribution in [3.63, 3.8) is 0 Å². The molecule has 4 heteroatoms. The molecule has 0 spiro atoms. The first-order chi connectivity index (χ1) is 9.08. The van der Waals surface area contributed by atoms with Gasteiger partial charge in [-0.25, -0.2) is 4.39 Å². The third kappa shape index (κ3) is 3.62. The molecule has 19 heavy (non-hydrogen) atoms. The fourth-order valence-electron chi connectivity index (χ4n) is 1.86. The summed E-state index contributed by atoms with van der Waals surface area (Å²) in [5.41, 5.74) is 2.49. The molecule has 0 bridgehead atoms. The lowest BCUT2D eigenvalue weighted by atomic mass is 10.1. The Bertz CT molecular complexity index is 570. The molecule has 0 heterocycles. The van der Waals surface area contributed by atoms with Crippen LogP contribution in [0.15, 0.2) is 42.5 Å². The van der Waals surface area contributed by atoms with Gasteiger partial charge in [-0.1, -0.05) is 35.9 Å². The van der Waals surface area contributed by atoms with Gasteiger partial charge in [0.1, 0.15) is 5.82 Å². The molecule has 0 saturated heterocycles. The van der Waals surface area contributed by atoms with E-state index in [2.05, 4.69) is 5.32 Å². The van der Waals surface area contributed by atoms with Gasteiger partial charge in [0.2, 0.25) is 0 Å². The summed E-state index contributed by atoms with van der Waals surface area (Å²) in [5, 5.41) is 3.50. The van der Waals surface area contributed by atoms with E-state index in [1.165, 1.54) is 6.07 Å². The highest BCUT2D eigenvalue weighted by molar-refractivity contribution is 6.30. The van der Waals surface area contributed by atoms with E-state index in [4.69, 9.17) is 23.2 Å². The van der Waals surface area contributed by atoms with Crippen molar-refractivity contribution in [2.24, 2.45) is 0 Å². The Morgan fingerprint density at radius 1 is 1.21 bits per heavy atom. The Morgan fingerprint density at radius 3 is 2.63 bits per heavy atom. The quantitative estimate of drug-likeness (QED) is 0.746. The van der Waals surface area contributed by atoms with E-state index in [9.17, 15) is 4.39 Å². The standard InChI is InChI=1S/C15H14Cl2FN/c1-10(16)13-4-2-3-5-15(13)19-9-11-6-7-12(17)8-14(11)18/h2-8,10,19H,9H2,1H3. The van der Waals surface area contributed by atoms with E-state index in [-0.39, 0.29) is 11.2 Å². The SMILES string of the molecule is CC(Cl)c1ccccc1NCc1ccc(Cl)cc1F. The number of halogens is 3. The van der Waals surface area contributed by atoms with Crippen molar-refractivity contribution in [3.05, 3.63) is 64.4 Å². The molecule has 0 amide bonds. The summed E-state index contributed by atoms with van der Waals surface area (Å²) in [4.78, 5) is 0. The lowest BCUT2D eigenvalue weighted by Gasteiger charge is -2.13. The van der Waals surface area contributed by atoms with E-state index in [1.807, 2.05) is 31.2 Å². The first-order valence-electron chi connectivity index (χ1n) is 5.98. The summed E-state index contributed by atoms with van der Waals surface area (Å²) in [5.74, 6) is -0.309. The lowest BCUT2D eigenvalue weighted by Crippen LogP contribution is -2.04. The molecular weight excluding hydrogens is 284 g/mol. The zero-order valence-electron chi connectivity index (χ0n) is 10.5. The normalized spacial score (nSPS) is 12.2. The van der Waals surface area contributed by atoms with Crippen LogP contribution in [-0.2, 0) is 6.54 Å². The van der Waals surface area contributed by atoms with Crippen LogP contribution >= 0.6 is 23.2 Å². The number of hydrogen-bond acceptors (Lipinski definition) is 1. The third-order valence-electron chi connectivity index (χ3n) is 2.87. The van der Waals surface area contributed by atoms with Crippen molar-refractivity contribution in [1.82, 2.24) is 0 Å². The van der Waals surface area contributed by atoms with Gasteiger partial charge in [0.25, 0.3) is 0 Å². The smallest absolute Gasteiger partial charge is 0.129 e. The summed E-state index contributed by atoms with van der Waals surface area (Å²) in [7, 11) is 0. The molecule has 0 radical (unpaired) electrons. The van der Waals surface area contributed by atoms with Crippen molar-refractivity contribution in [2.45, 2.75) is 18.8 Å². The van der Waals surface area contributed by atoms with Crippen LogP contribution in [0.3, 0.4) is 0 Å². The Morgan fingerprint density at radius 2 is 1.95 bits per heavy atom. The Kier molecular flexibility index (Phi) is 4.67. The van der Waals surface area contributed by atoms with Crippen LogP contribution in [0.25, 0.3) is 0 Å². The highest BCUT2D eigenvalue weighted by Crippen LogP contribution is 2.27. The fourth-order valence-corrected chi connectivity index (χ4v) is 2.21. The van der Waals surface area contributed by atoms with Gasteiger partial charge in [0.05, 0.1) is 5.38 Å². The highest BCUT2D eigenvalue weighted by atomic mass is 35.5. The van der Waals surface area contributed by atoms with Gasteiger partial charge in [0.15, 0.2) is 0 Å². The molecule has 0 aliphatic carbocycles. The zero-order valence-corrected chi connectivity index (χ0v) is 12.0. The maximum absolute atomic E-state index is 13.7. The Labute approximate surface area is 122 Å². The van der Waals surface area contributed by atoms with Gasteiger partial charge in [0, 0.05) is 22.8 Å². The van der Waals surface area contributed by atoms with Crippen LogP contribution in [0.1, 0.15) is 23.4 Å². The molecule has 100 valence electrons. The maximum atomic E-state index is 13.7. The second-order valence-electron chi connectivity index (χ2n) is 4.29. The van der Waals surface area contributed by atoms with Crippen molar-refractivity contribution in [2.75, 3.05) is 5.32 Å². The Balaban J connectivity index is 2.14. The highest BCUT2D eigenvalue weighted by Gasteiger charge is 2.08. The Hall–Kier alpha value is -1.25. The van der Waals surface area contributed by atoms with Gasteiger partial charge < -0.3 is 5.32 Å². The molecule has 1 N–H and O–H groups in total. The fraction of sp³-hybridized carbons (Fsp3) is 0.200. The summed E-state index contributed by atoms with van der Waals surface area (Å²) in [6.07, 6.45) is 0. The molecule has 0 fully saturated rings. The molecule has 2 aromatic rings. The molecule has 1 unspecified atom stereocenters. The lowest BCUT2D eigenvalue weighted by molar-refractivity contribution is 0.613. The van der Waals surface area contributed by atoms with Crippen LogP contribution in [0, 0.1) is 5.82 Å². The van der Waals surface area contributed by atoms with Crippen LogP contribution in [-0.4, -0.2) is 0 Å². The van der Waals surface area contributed by atoms with Gasteiger partial charge in [-0.3, -0.25) is 0 Å². The largest absolute Gasteiger partial charge is 0.381 e. The molecule has 2 rings (SSSR count). The first-order valence-corrected chi connectivity index (χ1v) is 6.80. The van der Waals surface area contributed by atoms with Crippen LogP contribution in [0.5, 0.6) is 0 Å². The number of para-hydroxylation sites is 1. The minimum Gasteiger partial charge on any atom is -0.381 e. The van der Waals surface area contributed by atoms with Crippen LogP contribution in [0.4, 0.5) is 10.1 Å². The molecule has 1 nitrogen and oxygen atoms in total. The second-order valence-corrected chi connectivity index (χ2v) is 5.38. The van der Waals surface area contributed by atoms with E-state index >= 15 is 0 Å². The predicted molar refractivity (Wildman–Crippen MR) is 79.4 cm³/mol. The monoisotopic (exact) mass is 297 g/mol.